The van der Waals surface area contributed by atoms with E-state index in [2.05, 4.69) is 22.4 Å². The highest BCUT2D eigenvalue weighted by atomic mass is 32.2. The fourth-order valence-corrected chi connectivity index (χ4v) is 3.13. The van der Waals surface area contributed by atoms with Crippen LogP contribution in [0.5, 0.6) is 0 Å². The van der Waals surface area contributed by atoms with Gasteiger partial charge in [0.15, 0.2) is 16.7 Å². The number of nitrogens with two attached hydrogens (primary N) is 1. The number of thioether (sulfide) groups is 1. The lowest BCUT2D eigenvalue weighted by Gasteiger charge is -2.12. The van der Waals surface area contributed by atoms with E-state index < -0.39 is 5.91 Å². The van der Waals surface area contributed by atoms with Crippen LogP contribution in [-0.4, -0.2) is 38.4 Å². The first-order valence-electron chi connectivity index (χ1n) is 8.18. The summed E-state index contributed by atoms with van der Waals surface area (Å²) in [5.41, 5.74) is 5.25. The summed E-state index contributed by atoms with van der Waals surface area (Å²) < 4.78 is 7.10. The Kier molecular flexibility index (Phi) is 7.05. The maximum absolute atomic E-state index is 12.0. The molecule has 25 heavy (non-hydrogen) atoms. The highest BCUT2D eigenvalue weighted by Crippen LogP contribution is 2.24. The number of hydrogen-bond donors (Lipinski definition) is 2. The Labute approximate surface area is 150 Å². The number of aromatic nitrogens is 3. The van der Waals surface area contributed by atoms with Crippen LogP contribution >= 0.6 is 11.8 Å². The first-order chi connectivity index (χ1) is 12.0. The van der Waals surface area contributed by atoms with Crippen molar-refractivity contribution in [2.24, 2.45) is 5.73 Å². The highest BCUT2D eigenvalue weighted by Gasteiger charge is 2.18. The summed E-state index contributed by atoms with van der Waals surface area (Å²) in [5, 5.41) is 11.7. The van der Waals surface area contributed by atoms with Crippen molar-refractivity contribution in [2.45, 2.75) is 50.9 Å². The standard InChI is InChI=1S/C16H23N5O3S/c1-3-5-11(2)18-14(23)10-25-16-20-19-15(12-6-4-9-24-12)21(16)8-7-13(17)22/h4,6,9,11H,3,5,7-8,10H2,1-2H3,(H2,17,22)(H,18,23). The fraction of sp³-hybridized carbons (Fsp3) is 0.500. The average Bonchev–Trinajstić information content (AvgIpc) is 3.20. The molecule has 0 aliphatic heterocycles. The lowest BCUT2D eigenvalue weighted by atomic mass is 10.2. The van der Waals surface area contributed by atoms with Crippen molar-refractivity contribution in [1.82, 2.24) is 20.1 Å². The van der Waals surface area contributed by atoms with Gasteiger partial charge in [0.25, 0.3) is 0 Å². The zero-order valence-electron chi connectivity index (χ0n) is 14.4. The van der Waals surface area contributed by atoms with Crippen molar-refractivity contribution in [3.8, 4) is 11.6 Å². The molecule has 1 unspecified atom stereocenters. The van der Waals surface area contributed by atoms with Gasteiger partial charge in [-0.05, 0) is 25.5 Å². The molecule has 0 saturated heterocycles. The van der Waals surface area contributed by atoms with Gasteiger partial charge in [-0.2, -0.15) is 0 Å². The number of nitrogens with one attached hydrogen (secondary N) is 1. The van der Waals surface area contributed by atoms with Crippen molar-refractivity contribution in [1.29, 1.82) is 0 Å². The predicted octanol–water partition coefficient (Wildman–Crippen LogP) is 1.81. The van der Waals surface area contributed by atoms with Gasteiger partial charge in [0.1, 0.15) is 0 Å². The molecule has 8 nitrogen and oxygen atoms in total. The van der Waals surface area contributed by atoms with Gasteiger partial charge in [0, 0.05) is 19.0 Å². The van der Waals surface area contributed by atoms with E-state index in [1.54, 1.807) is 16.7 Å². The summed E-state index contributed by atoms with van der Waals surface area (Å²) in [6, 6.07) is 3.65. The molecule has 0 spiro atoms. The number of nitrogens with zero attached hydrogens (tertiary/aromatic N) is 3. The Balaban J connectivity index is 2.06. The summed E-state index contributed by atoms with van der Waals surface area (Å²) in [4.78, 5) is 23.2. The minimum atomic E-state index is -0.416. The smallest absolute Gasteiger partial charge is 0.230 e. The Hall–Kier alpha value is -2.29. The van der Waals surface area contributed by atoms with Crippen LogP contribution in [0.25, 0.3) is 11.6 Å². The molecule has 2 aromatic rings. The van der Waals surface area contributed by atoms with E-state index in [0.29, 0.717) is 23.3 Å². The number of hydrogen-bond acceptors (Lipinski definition) is 6. The van der Waals surface area contributed by atoms with Crippen LogP contribution in [-0.2, 0) is 16.1 Å². The maximum atomic E-state index is 12.0. The molecule has 0 fully saturated rings. The summed E-state index contributed by atoms with van der Waals surface area (Å²) in [5.74, 6) is 0.801. The molecule has 9 heteroatoms. The molecule has 136 valence electrons. The second-order valence-corrected chi connectivity index (χ2v) is 6.64. The second kappa shape index (κ2) is 9.26. The van der Waals surface area contributed by atoms with Gasteiger partial charge in [-0.25, -0.2) is 0 Å². The largest absolute Gasteiger partial charge is 0.461 e. The Morgan fingerprint density at radius 2 is 2.24 bits per heavy atom. The van der Waals surface area contributed by atoms with E-state index >= 15 is 0 Å². The van der Waals surface area contributed by atoms with Gasteiger partial charge < -0.3 is 15.5 Å². The lowest BCUT2D eigenvalue weighted by Crippen LogP contribution is -2.33. The summed E-state index contributed by atoms with van der Waals surface area (Å²) in [7, 11) is 0. The Morgan fingerprint density at radius 1 is 1.44 bits per heavy atom. The van der Waals surface area contributed by atoms with Crippen LogP contribution in [0.15, 0.2) is 28.0 Å². The zero-order chi connectivity index (χ0) is 18.2. The summed E-state index contributed by atoms with van der Waals surface area (Å²) in [6.45, 7) is 4.39. The molecule has 0 saturated carbocycles. The molecule has 1 atom stereocenters. The fourth-order valence-electron chi connectivity index (χ4n) is 2.36. The maximum Gasteiger partial charge on any atom is 0.230 e. The molecular weight excluding hydrogens is 342 g/mol. The lowest BCUT2D eigenvalue weighted by molar-refractivity contribution is -0.119. The van der Waals surface area contributed by atoms with Crippen LogP contribution in [0.1, 0.15) is 33.1 Å². The molecule has 0 aliphatic carbocycles. The summed E-state index contributed by atoms with van der Waals surface area (Å²) >= 11 is 1.27. The number of furan rings is 1. The molecule has 3 N–H and O–H groups in total. The van der Waals surface area contributed by atoms with Gasteiger partial charge in [0.2, 0.25) is 11.8 Å². The summed E-state index contributed by atoms with van der Waals surface area (Å²) in [6.07, 6.45) is 3.65. The van der Waals surface area contributed by atoms with Crippen molar-refractivity contribution >= 4 is 23.6 Å². The van der Waals surface area contributed by atoms with Gasteiger partial charge >= 0.3 is 0 Å². The number of rotatable bonds is 10. The van der Waals surface area contributed by atoms with Gasteiger partial charge in [-0.15, -0.1) is 10.2 Å². The van der Waals surface area contributed by atoms with E-state index in [-0.39, 0.29) is 24.1 Å². The van der Waals surface area contributed by atoms with Crippen LogP contribution in [0.4, 0.5) is 0 Å². The molecule has 2 amide bonds. The third kappa shape index (κ3) is 5.63. The minimum absolute atomic E-state index is 0.0602. The van der Waals surface area contributed by atoms with E-state index in [1.165, 1.54) is 18.0 Å². The van der Waals surface area contributed by atoms with E-state index in [1.807, 2.05) is 6.92 Å². The van der Waals surface area contributed by atoms with Crippen molar-refractivity contribution in [2.75, 3.05) is 5.75 Å². The first kappa shape index (κ1) is 19.0. The topological polar surface area (TPSA) is 116 Å². The van der Waals surface area contributed by atoms with Crippen LogP contribution < -0.4 is 11.1 Å². The molecule has 2 aromatic heterocycles. The average molecular weight is 365 g/mol. The molecule has 0 bridgehead atoms. The van der Waals surface area contributed by atoms with Gasteiger partial charge in [0.05, 0.1) is 12.0 Å². The number of amides is 2. The molecule has 2 rings (SSSR count). The zero-order valence-corrected chi connectivity index (χ0v) is 15.2. The van der Waals surface area contributed by atoms with Crippen LogP contribution in [0.3, 0.4) is 0 Å². The van der Waals surface area contributed by atoms with E-state index in [9.17, 15) is 9.59 Å². The number of primary amides is 1. The Bertz CT molecular complexity index is 699. The van der Waals surface area contributed by atoms with Crippen molar-refractivity contribution in [3.63, 3.8) is 0 Å². The van der Waals surface area contributed by atoms with Crippen LogP contribution in [0, 0.1) is 0 Å². The van der Waals surface area contributed by atoms with Crippen molar-refractivity contribution < 1.29 is 14.0 Å². The van der Waals surface area contributed by atoms with Gasteiger partial charge in [-0.3, -0.25) is 14.2 Å². The van der Waals surface area contributed by atoms with E-state index in [0.717, 1.165) is 12.8 Å². The normalized spacial score (nSPS) is 12.1. The third-order valence-corrected chi connectivity index (χ3v) is 4.47. The van der Waals surface area contributed by atoms with E-state index in [4.69, 9.17) is 10.2 Å². The molecular formula is C16H23N5O3S. The highest BCUT2D eigenvalue weighted by molar-refractivity contribution is 7.99. The van der Waals surface area contributed by atoms with Crippen LogP contribution in [0.2, 0.25) is 0 Å². The molecule has 0 radical (unpaired) electrons. The van der Waals surface area contributed by atoms with Gasteiger partial charge in [-0.1, -0.05) is 25.1 Å². The molecule has 0 aliphatic rings. The molecule has 2 heterocycles. The Morgan fingerprint density at radius 3 is 2.88 bits per heavy atom. The molecule has 0 aromatic carbocycles. The van der Waals surface area contributed by atoms with Crippen molar-refractivity contribution in [3.05, 3.63) is 18.4 Å². The SMILES string of the molecule is CCCC(C)NC(=O)CSc1nnc(-c2ccco2)n1CCC(N)=O. The number of carbonyl (C=O) groups excluding carboxylic acids is 2. The quantitative estimate of drug-likeness (QED) is 0.620. The monoisotopic (exact) mass is 365 g/mol. The minimum Gasteiger partial charge on any atom is -0.461 e. The number of carbonyl (C=O) groups is 2. The second-order valence-electron chi connectivity index (χ2n) is 5.70. The predicted molar refractivity (Wildman–Crippen MR) is 94.8 cm³/mol. The first-order valence-corrected chi connectivity index (χ1v) is 9.17. The third-order valence-electron chi connectivity index (χ3n) is 3.50.